The average Bonchev–Trinajstić information content (AvgIpc) is 3.44. The number of carboxylic acid groups (broad SMARTS) is 1. The van der Waals surface area contributed by atoms with Gasteiger partial charge in [0.1, 0.15) is 17.6 Å². The quantitative estimate of drug-likeness (QED) is 0.644. The molecule has 1 N–H and O–H groups in total. The first-order valence-electron chi connectivity index (χ1n) is 11.1. The molecule has 3 fully saturated rings. The third-order valence-electron chi connectivity index (χ3n) is 6.90. The lowest BCUT2D eigenvalue weighted by atomic mass is 9.98. The van der Waals surface area contributed by atoms with Crippen LogP contribution in [0.25, 0.3) is 0 Å². The number of aliphatic carboxylic acids is 1. The summed E-state index contributed by atoms with van der Waals surface area (Å²) >= 11 is 0. The summed E-state index contributed by atoms with van der Waals surface area (Å²) in [5.41, 5.74) is 0.307. The lowest BCUT2D eigenvalue weighted by Gasteiger charge is -2.44. The Hall–Kier alpha value is -3.67. The van der Waals surface area contributed by atoms with Gasteiger partial charge in [0.05, 0.1) is 11.6 Å². The predicted molar refractivity (Wildman–Crippen MR) is 117 cm³/mol. The van der Waals surface area contributed by atoms with E-state index in [1.54, 1.807) is 24.3 Å². The van der Waals surface area contributed by atoms with Crippen molar-refractivity contribution in [1.29, 1.82) is 5.26 Å². The molecule has 2 aliphatic heterocycles. The number of carbonyl (C=O) groups excluding carboxylic acids is 3. The zero-order valence-corrected chi connectivity index (χ0v) is 18.3. The van der Waals surface area contributed by atoms with E-state index < -0.39 is 29.5 Å². The molecule has 0 bridgehead atoms. The second kappa shape index (κ2) is 8.70. The number of carbonyl (C=O) groups is 4. The van der Waals surface area contributed by atoms with E-state index in [2.05, 4.69) is 12.6 Å². The number of hydrogen-bond acceptors (Lipinski definition) is 5. The molecule has 172 valence electrons. The van der Waals surface area contributed by atoms with Gasteiger partial charge in [-0.1, -0.05) is 18.7 Å². The number of benzene rings is 1. The molecule has 1 saturated carbocycles. The minimum atomic E-state index is -1.05. The lowest BCUT2D eigenvalue weighted by Crippen LogP contribution is -2.65. The summed E-state index contributed by atoms with van der Waals surface area (Å²) in [4.78, 5) is 55.7. The Kier molecular flexibility index (Phi) is 5.93. The molecular formula is C24H26N4O5. The number of nitrogens with zero attached hydrogens (tertiary/aromatic N) is 4. The monoisotopic (exact) mass is 450 g/mol. The van der Waals surface area contributed by atoms with Gasteiger partial charge < -0.3 is 19.8 Å². The molecule has 9 nitrogen and oxygen atoms in total. The maximum atomic E-state index is 13.7. The van der Waals surface area contributed by atoms with E-state index >= 15 is 0 Å². The molecule has 1 spiro atoms. The molecule has 2 atom stereocenters. The predicted octanol–water partition coefficient (Wildman–Crippen LogP) is 0.934. The highest BCUT2D eigenvalue weighted by molar-refractivity contribution is 6.00. The summed E-state index contributed by atoms with van der Waals surface area (Å²) in [6.45, 7) is 4.32. The molecule has 3 aliphatic rings. The molecule has 0 unspecified atom stereocenters. The molecule has 1 aromatic rings. The number of amides is 3. The molecule has 1 aromatic carbocycles. The molecule has 9 heteroatoms. The topological polar surface area (TPSA) is 122 Å². The van der Waals surface area contributed by atoms with Gasteiger partial charge in [-0.15, -0.1) is 0 Å². The molecule has 2 heterocycles. The number of hydrogen-bond donors (Lipinski definition) is 1. The van der Waals surface area contributed by atoms with E-state index in [-0.39, 0.29) is 31.3 Å². The highest BCUT2D eigenvalue weighted by Gasteiger charge is 2.61. The van der Waals surface area contributed by atoms with Gasteiger partial charge in [-0.05, 0) is 49.5 Å². The van der Waals surface area contributed by atoms with Gasteiger partial charge in [-0.25, -0.2) is 4.79 Å². The van der Waals surface area contributed by atoms with Crippen LogP contribution in [-0.2, 0) is 25.6 Å². The van der Waals surface area contributed by atoms with Crippen LogP contribution in [0.5, 0.6) is 0 Å². The third-order valence-corrected chi connectivity index (χ3v) is 6.90. The number of carboxylic acids is 1. The fraction of sp³-hybridized carbons (Fsp3) is 0.458. The highest BCUT2D eigenvalue weighted by Crippen LogP contribution is 2.46. The SMILES string of the molecule is C=CC(=O)N1CCN([C@@H](Cc2ccc(C#N)cc2)C(=O)N2CCC[C@H]2C(=O)O)C(=O)C12CC2. The standard InChI is InChI=1S/C24H26N4O5/c1-2-20(29)28-13-12-27(23(33)24(28)9-10-24)19(14-16-5-7-17(15-25)8-6-16)21(30)26-11-3-4-18(26)22(31)32/h2,5-8,18-19H,1,3-4,9-14H2,(H,31,32)/t18-,19-/m0/s1. The van der Waals surface area contributed by atoms with E-state index in [0.29, 0.717) is 37.8 Å². The normalized spacial score (nSPS) is 22.1. The smallest absolute Gasteiger partial charge is 0.326 e. The van der Waals surface area contributed by atoms with Crippen molar-refractivity contribution in [2.75, 3.05) is 19.6 Å². The Labute approximate surface area is 191 Å². The molecule has 33 heavy (non-hydrogen) atoms. The van der Waals surface area contributed by atoms with Crippen LogP contribution < -0.4 is 0 Å². The molecule has 3 amide bonds. The van der Waals surface area contributed by atoms with Gasteiger partial charge in [-0.3, -0.25) is 14.4 Å². The molecule has 1 aliphatic carbocycles. The van der Waals surface area contributed by atoms with Crippen molar-refractivity contribution < 1.29 is 24.3 Å². The Morgan fingerprint density at radius 1 is 1.21 bits per heavy atom. The molecule has 0 radical (unpaired) electrons. The van der Waals surface area contributed by atoms with E-state index in [0.717, 1.165) is 5.56 Å². The van der Waals surface area contributed by atoms with Crippen LogP contribution in [-0.4, -0.2) is 80.8 Å². The van der Waals surface area contributed by atoms with Crippen LogP contribution >= 0.6 is 0 Å². The van der Waals surface area contributed by atoms with Crippen LogP contribution in [0.1, 0.15) is 36.8 Å². The zero-order chi connectivity index (χ0) is 23.8. The van der Waals surface area contributed by atoms with Gasteiger partial charge in [0, 0.05) is 26.1 Å². The van der Waals surface area contributed by atoms with Crippen molar-refractivity contribution in [3.05, 3.63) is 48.0 Å². The van der Waals surface area contributed by atoms with Gasteiger partial charge in [0.15, 0.2) is 0 Å². The largest absolute Gasteiger partial charge is 0.480 e. The maximum absolute atomic E-state index is 13.7. The van der Waals surface area contributed by atoms with E-state index in [1.165, 1.54) is 20.8 Å². The fourth-order valence-electron chi connectivity index (χ4n) is 4.99. The van der Waals surface area contributed by atoms with E-state index in [4.69, 9.17) is 5.26 Å². The Balaban J connectivity index is 1.65. The summed E-state index contributed by atoms with van der Waals surface area (Å²) in [5.74, 6) is -2.02. The van der Waals surface area contributed by atoms with Crippen molar-refractivity contribution in [3.8, 4) is 6.07 Å². The summed E-state index contributed by atoms with van der Waals surface area (Å²) in [5, 5.41) is 18.6. The Bertz CT molecular complexity index is 1040. The minimum Gasteiger partial charge on any atom is -0.480 e. The molecule has 4 rings (SSSR count). The first kappa shape index (κ1) is 22.5. The van der Waals surface area contributed by atoms with Crippen molar-refractivity contribution in [2.45, 2.75) is 49.7 Å². The third kappa shape index (κ3) is 3.97. The fourth-order valence-corrected chi connectivity index (χ4v) is 4.99. The number of piperazine rings is 1. The Morgan fingerprint density at radius 3 is 2.48 bits per heavy atom. The summed E-state index contributed by atoms with van der Waals surface area (Å²) in [6.07, 6.45) is 3.42. The van der Waals surface area contributed by atoms with Crippen LogP contribution in [0.15, 0.2) is 36.9 Å². The van der Waals surface area contributed by atoms with Gasteiger partial charge >= 0.3 is 5.97 Å². The number of likely N-dealkylation sites (tertiary alicyclic amines) is 1. The van der Waals surface area contributed by atoms with Crippen molar-refractivity contribution in [1.82, 2.24) is 14.7 Å². The van der Waals surface area contributed by atoms with Crippen LogP contribution in [0.3, 0.4) is 0 Å². The van der Waals surface area contributed by atoms with Gasteiger partial charge in [0.2, 0.25) is 17.7 Å². The second-order valence-corrected chi connectivity index (χ2v) is 8.78. The first-order chi connectivity index (χ1) is 15.8. The molecule has 0 aromatic heterocycles. The minimum absolute atomic E-state index is 0.179. The molecular weight excluding hydrogens is 424 g/mol. The maximum Gasteiger partial charge on any atom is 0.326 e. The first-order valence-corrected chi connectivity index (χ1v) is 11.1. The van der Waals surface area contributed by atoms with Crippen molar-refractivity contribution >= 4 is 23.7 Å². The van der Waals surface area contributed by atoms with Crippen LogP contribution in [0.4, 0.5) is 0 Å². The zero-order valence-electron chi connectivity index (χ0n) is 18.3. The number of rotatable bonds is 6. The van der Waals surface area contributed by atoms with Gasteiger partial charge in [-0.2, -0.15) is 5.26 Å². The van der Waals surface area contributed by atoms with Crippen molar-refractivity contribution in [2.24, 2.45) is 0 Å². The van der Waals surface area contributed by atoms with Crippen molar-refractivity contribution in [3.63, 3.8) is 0 Å². The summed E-state index contributed by atoms with van der Waals surface area (Å²) < 4.78 is 0. The highest BCUT2D eigenvalue weighted by atomic mass is 16.4. The summed E-state index contributed by atoms with van der Waals surface area (Å²) in [7, 11) is 0. The van der Waals surface area contributed by atoms with Crippen LogP contribution in [0, 0.1) is 11.3 Å². The average molecular weight is 450 g/mol. The molecule has 2 saturated heterocycles. The van der Waals surface area contributed by atoms with Crippen LogP contribution in [0.2, 0.25) is 0 Å². The van der Waals surface area contributed by atoms with Gasteiger partial charge in [0.25, 0.3) is 0 Å². The van der Waals surface area contributed by atoms with E-state index in [9.17, 15) is 24.3 Å². The number of nitriles is 1. The second-order valence-electron chi connectivity index (χ2n) is 8.78. The van der Waals surface area contributed by atoms with E-state index in [1.807, 2.05) is 0 Å². The summed E-state index contributed by atoms with van der Waals surface area (Å²) in [6, 6.07) is 7.05. The Morgan fingerprint density at radius 2 is 1.91 bits per heavy atom. The lowest BCUT2D eigenvalue weighted by molar-refractivity contribution is -0.160.